The van der Waals surface area contributed by atoms with Crippen molar-refractivity contribution >= 4 is 17.8 Å². The van der Waals surface area contributed by atoms with Crippen molar-refractivity contribution in [3.05, 3.63) is 0 Å². The van der Waals surface area contributed by atoms with E-state index in [1.165, 1.54) is 0 Å². The van der Waals surface area contributed by atoms with Gasteiger partial charge in [-0.1, -0.05) is 20.3 Å². The van der Waals surface area contributed by atoms with Crippen LogP contribution in [0.25, 0.3) is 0 Å². The molecule has 2 fully saturated rings. The number of carboxylic acids is 1. The van der Waals surface area contributed by atoms with Gasteiger partial charge in [-0.15, -0.1) is 0 Å². The molecule has 3 atom stereocenters. The molecule has 2 rings (SSSR count). The summed E-state index contributed by atoms with van der Waals surface area (Å²) in [5, 5.41) is 11.9. The van der Waals surface area contributed by atoms with Crippen molar-refractivity contribution in [1.29, 1.82) is 0 Å². The number of piperidine rings is 1. The number of hydrogen-bond donors (Lipinski definition) is 2. The Morgan fingerprint density at radius 2 is 1.91 bits per heavy atom. The van der Waals surface area contributed by atoms with E-state index in [9.17, 15) is 19.5 Å². The lowest BCUT2D eigenvalue weighted by Gasteiger charge is -2.33. The summed E-state index contributed by atoms with van der Waals surface area (Å²) in [4.78, 5) is 37.6. The third-order valence-corrected chi connectivity index (χ3v) is 4.81. The van der Waals surface area contributed by atoms with Crippen LogP contribution < -0.4 is 5.32 Å². The largest absolute Gasteiger partial charge is 0.480 e. The lowest BCUT2D eigenvalue weighted by molar-refractivity contribution is -0.145. The summed E-state index contributed by atoms with van der Waals surface area (Å²) in [6.07, 6.45) is 4.13. The Kier molecular flexibility index (Phi) is 5.42. The number of carbonyl (C=O) groups excluding carboxylic acids is 2. The maximum Gasteiger partial charge on any atom is 0.326 e. The normalized spacial score (nSPS) is 24.5. The first kappa shape index (κ1) is 16.8. The molecule has 1 saturated carbocycles. The Bertz CT molecular complexity index is 447. The van der Waals surface area contributed by atoms with E-state index >= 15 is 0 Å². The van der Waals surface area contributed by atoms with Crippen LogP contribution in [0, 0.1) is 17.8 Å². The van der Waals surface area contributed by atoms with Crippen LogP contribution in [0.2, 0.25) is 0 Å². The second-order valence-corrected chi connectivity index (χ2v) is 6.61. The van der Waals surface area contributed by atoms with E-state index in [-0.39, 0.29) is 29.6 Å². The number of amides is 2. The molecule has 2 N–H and O–H groups in total. The average molecular weight is 310 g/mol. The van der Waals surface area contributed by atoms with E-state index in [1.54, 1.807) is 4.90 Å². The van der Waals surface area contributed by atoms with Gasteiger partial charge in [0.25, 0.3) is 0 Å². The average Bonchev–Trinajstić information content (AvgIpc) is 3.35. The van der Waals surface area contributed by atoms with Gasteiger partial charge in [0, 0.05) is 19.0 Å². The summed E-state index contributed by atoms with van der Waals surface area (Å²) in [5.41, 5.74) is 0. The Labute approximate surface area is 131 Å². The Hall–Kier alpha value is -1.59. The second-order valence-electron chi connectivity index (χ2n) is 6.61. The van der Waals surface area contributed by atoms with Gasteiger partial charge in [0.05, 0.1) is 5.92 Å². The van der Waals surface area contributed by atoms with Crippen LogP contribution >= 0.6 is 0 Å². The van der Waals surface area contributed by atoms with Crippen molar-refractivity contribution in [3.63, 3.8) is 0 Å². The van der Waals surface area contributed by atoms with E-state index in [0.717, 1.165) is 19.3 Å². The van der Waals surface area contributed by atoms with E-state index in [4.69, 9.17) is 0 Å². The first-order valence-corrected chi connectivity index (χ1v) is 8.26. The first-order valence-electron chi connectivity index (χ1n) is 8.26. The molecule has 0 radical (unpaired) electrons. The standard InChI is InChI=1S/C16H26N2O4/c1-3-10(2)13(16(21)22)17-14(19)12-5-4-8-18(9-12)15(20)11-6-7-11/h10-13H,3-9H2,1-2H3,(H,17,19)(H,21,22). The number of carboxylic acid groups (broad SMARTS) is 1. The lowest BCUT2D eigenvalue weighted by Crippen LogP contribution is -2.51. The number of hydrogen-bond acceptors (Lipinski definition) is 3. The van der Waals surface area contributed by atoms with E-state index in [1.807, 2.05) is 13.8 Å². The SMILES string of the molecule is CCC(C)C(NC(=O)C1CCCN(C(=O)C2CC2)C1)C(=O)O. The molecule has 0 aromatic heterocycles. The molecule has 1 saturated heterocycles. The zero-order valence-electron chi connectivity index (χ0n) is 13.4. The van der Waals surface area contributed by atoms with Gasteiger partial charge in [0.1, 0.15) is 6.04 Å². The van der Waals surface area contributed by atoms with Gasteiger partial charge in [-0.05, 0) is 31.6 Å². The number of likely N-dealkylation sites (tertiary alicyclic amines) is 1. The topological polar surface area (TPSA) is 86.7 Å². The Balaban J connectivity index is 1.93. The van der Waals surface area contributed by atoms with Gasteiger partial charge in [-0.2, -0.15) is 0 Å². The van der Waals surface area contributed by atoms with Gasteiger partial charge >= 0.3 is 5.97 Å². The molecule has 0 spiro atoms. The maximum absolute atomic E-state index is 12.4. The molecular weight excluding hydrogens is 284 g/mol. The number of carbonyl (C=O) groups is 3. The number of nitrogens with zero attached hydrogens (tertiary/aromatic N) is 1. The van der Waals surface area contributed by atoms with Crippen molar-refractivity contribution in [3.8, 4) is 0 Å². The summed E-state index contributed by atoms with van der Waals surface area (Å²) in [6.45, 7) is 4.87. The summed E-state index contributed by atoms with van der Waals surface area (Å²) in [6, 6.07) is -0.855. The molecule has 1 heterocycles. The van der Waals surface area contributed by atoms with Crippen molar-refractivity contribution in [2.24, 2.45) is 17.8 Å². The molecule has 1 aliphatic carbocycles. The van der Waals surface area contributed by atoms with Crippen LogP contribution in [0.4, 0.5) is 0 Å². The lowest BCUT2D eigenvalue weighted by atomic mass is 9.94. The maximum atomic E-state index is 12.4. The minimum Gasteiger partial charge on any atom is -0.480 e. The summed E-state index contributed by atoms with van der Waals surface area (Å²) in [5.74, 6) is -1.31. The quantitative estimate of drug-likeness (QED) is 0.773. The third kappa shape index (κ3) is 3.99. The van der Waals surface area contributed by atoms with Crippen molar-refractivity contribution in [1.82, 2.24) is 10.2 Å². The first-order chi connectivity index (χ1) is 10.4. The fourth-order valence-corrected chi connectivity index (χ4v) is 2.93. The predicted molar refractivity (Wildman–Crippen MR) is 81.0 cm³/mol. The van der Waals surface area contributed by atoms with Crippen molar-refractivity contribution in [2.45, 2.75) is 52.0 Å². The second kappa shape index (κ2) is 7.11. The Morgan fingerprint density at radius 3 is 2.45 bits per heavy atom. The van der Waals surface area contributed by atoms with Gasteiger partial charge in [-0.3, -0.25) is 9.59 Å². The van der Waals surface area contributed by atoms with E-state index < -0.39 is 12.0 Å². The van der Waals surface area contributed by atoms with Gasteiger partial charge < -0.3 is 15.3 Å². The number of aliphatic carboxylic acids is 1. The van der Waals surface area contributed by atoms with Crippen LogP contribution in [0.15, 0.2) is 0 Å². The smallest absolute Gasteiger partial charge is 0.326 e. The molecule has 0 aromatic rings. The van der Waals surface area contributed by atoms with Crippen molar-refractivity contribution < 1.29 is 19.5 Å². The van der Waals surface area contributed by atoms with Gasteiger partial charge in [-0.25, -0.2) is 4.79 Å². The number of rotatable bonds is 6. The van der Waals surface area contributed by atoms with Gasteiger partial charge in [0.2, 0.25) is 11.8 Å². The fraction of sp³-hybridized carbons (Fsp3) is 0.812. The molecule has 2 aliphatic rings. The van der Waals surface area contributed by atoms with Crippen LogP contribution in [-0.4, -0.2) is 46.9 Å². The highest BCUT2D eigenvalue weighted by molar-refractivity contribution is 5.86. The third-order valence-electron chi connectivity index (χ3n) is 4.81. The highest BCUT2D eigenvalue weighted by atomic mass is 16.4. The molecule has 0 bridgehead atoms. The monoisotopic (exact) mass is 310 g/mol. The van der Waals surface area contributed by atoms with Gasteiger partial charge in [0.15, 0.2) is 0 Å². The summed E-state index contributed by atoms with van der Waals surface area (Å²) >= 11 is 0. The molecular formula is C16H26N2O4. The zero-order valence-corrected chi connectivity index (χ0v) is 13.4. The molecule has 1 aliphatic heterocycles. The highest BCUT2D eigenvalue weighted by Crippen LogP contribution is 2.32. The zero-order chi connectivity index (χ0) is 16.3. The van der Waals surface area contributed by atoms with E-state index in [2.05, 4.69) is 5.32 Å². The van der Waals surface area contributed by atoms with Crippen LogP contribution in [0.5, 0.6) is 0 Å². The summed E-state index contributed by atoms with van der Waals surface area (Å²) < 4.78 is 0. The van der Waals surface area contributed by atoms with E-state index in [0.29, 0.717) is 25.9 Å². The van der Waals surface area contributed by atoms with Crippen LogP contribution in [0.1, 0.15) is 46.0 Å². The van der Waals surface area contributed by atoms with Crippen molar-refractivity contribution in [2.75, 3.05) is 13.1 Å². The van der Waals surface area contributed by atoms with Crippen LogP contribution in [-0.2, 0) is 14.4 Å². The molecule has 124 valence electrons. The molecule has 22 heavy (non-hydrogen) atoms. The minimum absolute atomic E-state index is 0.116. The molecule has 2 amide bonds. The summed E-state index contributed by atoms with van der Waals surface area (Å²) in [7, 11) is 0. The highest BCUT2D eigenvalue weighted by Gasteiger charge is 2.37. The molecule has 6 heteroatoms. The minimum atomic E-state index is -0.996. The molecule has 0 aromatic carbocycles. The number of nitrogens with one attached hydrogen (secondary N) is 1. The van der Waals surface area contributed by atoms with Crippen LogP contribution in [0.3, 0.4) is 0 Å². The predicted octanol–water partition coefficient (Wildman–Crippen LogP) is 1.25. The molecule has 3 unspecified atom stereocenters. The fourth-order valence-electron chi connectivity index (χ4n) is 2.93. The molecule has 6 nitrogen and oxygen atoms in total. The Morgan fingerprint density at radius 1 is 1.23 bits per heavy atom.